The number of nitrogen functional groups attached to an aromatic ring is 1. The van der Waals surface area contributed by atoms with Crippen LogP contribution in [-0.4, -0.2) is 70.6 Å². The largest absolute Gasteiger partial charge is 0.376 e. The molecule has 7 nitrogen and oxygen atoms in total. The Hall–Kier alpha value is -2.51. The molecule has 2 fully saturated rings. The molecule has 1 aliphatic carbocycles. The molecule has 1 amide bonds. The van der Waals surface area contributed by atoms with Gasteiger partial charge in [0.05, 0.1) is 6.10 Å². The lowest BCUT2D eigenvalue weighted by atomic mass is 9.94. The fourth-order valence-electron chi connectivity index (χ4n) is 5.74. The quantitative estimate of drug-likeness (QED) is 0.730. The third-order valence-electron chi connectivity index (χ3n) is 7.50. The number of rotatable bonds is 6. The summed E-state index contributed by atoms with van der Waals surface area (Å²) in [4.78, 5) is 26.4. The highest BCUT2D eigenvalue weighted by atomic mass is 16.5. The Kier molecular flexibility index (Phi) is 6.60. The minimum Gasteiger partial charge on any atom is -0.376 e. The van der Waals surface area contributed by atoms with E-state index in [-0.39, 0.29) is 18.0 Å². The Balaban J connectivity index is 1.21. The highest BCUT2D eigenvalue weighted by molar-refractivity contribution is 5.92. The van der Waals surface area contributed by atoms with Gasteiger partial charge < -0.3 is 15.4 Å². The first-order valence-corrected chi connectivity index (χ1v) is 12.4. The third-order valence-corrected chi connectivity index (χ3v) is 7.50. The number of aryl methyl sites for hydroxylation is 1. The summed E-state index contributed by atoms with van der Waals surface area (Å²) >= 11 is 0. The van der Waals surface area contributed by atoms with E-state index in [1.54, 1.807) is 6.07 Å². The minimum atomic E-state index is -0.0589. The van der Waals surface area contributed by atoms with Crippen molar-refractivity contribution in [3.63, 3.8) is 0 Å². The maximum absolute atomic E-state index is 13.4. The number of piperidine rings is 1. The van der Waals surface area contributed by atoms with Crippen molar-refractivity contribution in [2.24, 2.45) is 5.92 Å². The van der Waals surface area contributed by atoms with Gasteiger partial charge in [0.2, 0.25) is 5.95 Å². The van der Waals surface area contributed by atoms with Crippen LogP contribution < -0.4 is 5.73 Å². The van der Waals surface area contributed by atoms with Crippen LogP contribution in [0.3, 0.4) is 0 Å². The molecule has 2 saturated heterocycles. The molecule has 3 heterocycles. The van der Waals surface area contributed by atoms with Crippen molar-refractivity contribution in [1.82, 2.24) is 19.8 Å². The normalized spacial score (nSPS) is 21.9. The van der Waals surface area contributed by atoms with Gasteiger partial charge in [0.25, 0.3) is 5.91 Å². The van der Waals surface area contributed by atoms with Gasteiger partial charge in [-0.15, -0.1) is 0 Å². The molecule has 0 radical (unpaired) electrons. The highest BCUT2D eigenvalue weighted by Crippen LogP contribution is 2.29. The zero-order valence-electron chi connectivity index (χ0n) is 19.6. The van der Waals surface area contributed by atoms with Crippen molar-refractivity contribution in [3.8, 4) is 0 Å². The molecule has 5 rings (SSSR count). The number of amides is 1. The summed E-state index contributed by atoms with van der Waals surface area (Å²) < 4.78 is 5.86. The van der Waals surface area contributed by atoms with E-state index in [4.69, 9.17) is 10.5 Å². The van der Waals surface area contributed by atoms with Crippen molar-refractivity contribution in [2.75, 3.05) is 38.5 Å². The van der Waals surface area contributed by atoms with Crippen LogP contribution in [0, 0.1) is 12.8 Å². The lowest BCUT2D eigenvalue weighted by molar-refractivity contribution is 0.0426. The number of anilines is 1. The molecule has 1 aromatic heterocycles. The Morgan fingerprint density at radius 2 is 1.85 bits per heavy atom. The van der Waals surface area contributed by atoms with Gasteiger partial charge in [-0.3, -0.25) is 9.69 Å². The number of carbonyl (C=O) groups excluding carboxylic acids is 1. The van der Waals surface area contributed by atoms with E-state index in [9.17, 15) is 4.79 Å². The number of aromatic nitrogens is 2. The number of ether oxygens (including phenoxy) is 1. The first kappa shape index (κ1) is 22.3. The molecular weight excluding hydrogens is 414 g/mol. The van der Waals surface area contributed by atoms with Gasteiger partial charge in [0, 0.05) is 31.4 Å². The number of fused-ring (bicyclic) bond motifs is 1. The second-order valence-corrected chi connectivity index (χ2v) is 9.91. The van der Waals surface area contributed by atoms with Crippen molar-refractivity contribution < 1.29 is 9.53 Å². The fraction of sp³-hybridized carbons (Fsp3) is 0.577. The first-order chi connectivity index (χ1) is 16.0. The maximum atomic E-state index is 13.4. The Bertz CT molecular complexity index is 937. The second kappa shape index (κ2) is 9.77. The van der Waals surface area contributed by atoms with Gasteiger partial charge >= 0.3 is 0 Å². The molecular formula is C26H35N5O2. The summed E-state index contributed by atoms with van der Waals surface area (Å²) in [5.74, 6) is 0.591. The predicted octanol–water partition coefficient (Wildman–Crippen LogP) is 2.87. The maximum Gasteiger partial charge on any atom is 0.272 e. The molecule has 0 unspecified atom stereocenters. The molecule has 0 spiro atoms. The highest BCUT2D eigenvalue weighted by Gasteiger charge is 2.32. The van der Waals surface area contributed by atoms with E-state index in [1.807, 2.05) is 11.8 Å². The van der Waals surface area contributed by atoms with Gasteiger partial charge in [-0.2, -0.15) is 0 Å². The molecule has 2 aliphatic heterocycles. The summed E-state index contributed by atoms with van der Waals surface area (Å²) in [7, 11) is 0. The van der Waals surface area contributed by atoms with E-state index in [0.29, 0.717) is 29.9 Å². The van der Waals surface area contributed by atoms with E-state index >= 15 is 0 Å². The molecule has 7 heteroatoms. The van der Waals surface area contributed by atoms with Crippen LogP contribution in [0.1, 0.15) is 53.0 Å². The van der Waals surface area contributed by atoms with E-state index in [1.165, 1.54) is 24.0 Å². The molecule has 0 bridgehead atoms. The fourth-order valence-corrected chi connectivity index (χ4v) is 5.74. The van der Waals surface area contributed by atoms with Crippen LogP contribution in [-0.2, 0) is 17.6 Å². The number of nitrogens with two attached hydrogens (primary N) is 1. The zero-order valence-corrected chi connectivity index (χ0v) is 19.6. The van der Waals surface area contributed by atoms with Gasteiger partial charge in [0.1, 0.15) is 5.69 Å². The summed E-state index contributed by atoms with van der Waals surface area (Å²) in [6.07, 6.45) is 6.76. The summed E-state index contributed by atoms with van der Waals surface area (Å²) in [6, 6.07) is 11.2. The van der Waals surface area contributed by atoms with Crippen molar-refractivity contribution in [2.45, 2.75) is 57.6 Å². The van der Waals surface area contributed by atoms with Crippen molar-refractivity contribution in [1.29, 1.82) is 0 Å². The first-order valence-electron chi connectivity index (χ1n) is 12.4. The lowest BCUT2D eigenvalue weighted by Gasteiger charge is -2.38. The number of hydrogen-bond acceptors (Lipinski definition) is 6. The minimum absolute atomic E-state index is 0.0589. The van der Waals surface area contributed by atoms with Crippen LogP contribution in [0.15, 0.2) is 30.3 Å². The average molecular weight is 450 g/mol. The Morgan fingerprint density at radius 3 is 2.48 bits per heavy atom. The zero-order chi connectivity index (χ0) is 22.8. The topological polar surface area (TPSA) is 84.6 Å². The number of hydrogen-bond donors (Lipinski definition) is 1. The monoisotopic (exact) mass is 449 g/mol. The van der Waals surface area contributed by atoms with Crippen LogP contribution in [0.5, 0.6) is 0 Å². The van der Waals surface area contributed by atoms with Crippen LogP contribution in [0.2, 0.25) is 0 Å². The summed E-state index contributed by atoms with van der Waals surface area (Å²) in [6.45, 7) is 6.21. The molecule has 2 aromatic rings. The Morgan fingerprint density at radius 1 is 1.12 bits per heavy atom. The van der Waals surface area contributed by atoms with Crippen LogP contribution >= 0.6 is 0 Å². The molecule has 2 N–H and O–H groups in total. The van der Waals surface area contributed by atoms with Crippen LogP contribution in [0.4, 0.5) is 5.95 Å². The average Bonchev–Trinajstić information content (AvgIpc) is 3.48. The lowest BCUT2D eigenvalue weighted by Crippen LogP contribution is -2.46. The standard InChI is InChI=1S/C26H35N5O2/c1-18-13-24(29-26(27)28-18)25(32)31(17-23-7-4-12-33-23)16-19-8-10-30(11-9-19)22-14-20-5-2-3-6-21(20)15-22/h2-3,5-6,13,19,22-23H,4,7-12,14-17H2,1H3,(H2,27,28,29)/t23-/m1/s1. The summed E-state index contributed by atoms with van der Waals surface area (Å²) in [5, 5.41) is 0. The Labute approximate surface area is 196 Å². The second-order valence-electron chi connectivity index (χ2n) is 9.91. The third kappa shape index (κ3) is 5.20. The van der Waals surface area contributed by atoms with Crippen LogP contribution in [0.25, 0.3) is 0 Å². The van der Waals surface area contributed by atoms with E-state index in [2.05, 4.69) is 39.1 Å². The van der Waals surface area contributed by atoms with Crippen molar-refractivity contribution in [3.05, 3.63) is 52.8 Å². The summed E-state index contributed by atoms with van der Waals surface area (Å²) in [5.41, 5.74) is 9.96. The molecule has 1 aromatic carbocycles. The molecule has 1 atom stereocenters. The number of carbonyl (C=O) groups is 1. The van der Waals surface area contributed by atoms with Crippen molar-refractivity contribution >= 4 is 11.9 Å². The van der Waals surface area contributed by atoms with Gasteiger partial charge in [0.15, 0.2) is 0 Å². The molecule has 3 aliphatic rings. The molecule has 176 valence electrons. The number of benzene rings is 1. The number of likely N-dealkylation sites (tertiary alicyclic amines) is 1. The van der Waals surface area contributed by atoms with Gasteiger partial charge in [-0.1, -0.05) is 24.3 Å². The molecule has 33 heavy (non-hydrogen) atoms. The van der Waals surface area contributed by atoms with E-state index < -0.39 is 0 Å². The number of nitrogens with zero attached hydrogens (tertiary/aromatic N) is 4. The predicted molar refractivity (Wildman–Crippen MR) is 128 cm³/mol. The van der Waals surface area contributed by atoms with E-state index in [0.717, 1.165) is 51.9 Å². The van der Waals surface area contributed by atoms with Gasteiger partial charge in [-0.05, 0) is 81.6 Å². The SMILES string of the molecule is Cc1cc(C(=O)N(CC2CCN(C3Cc4ccccc4C3)CC2)C[C@H]2CCCO2)nc(N)n1. The smallest absolute Gasteiger partial charge is 0.272 e. The van der Waals surface area contributed by atoms with Gasteiger partial charge in [-0.25, -0.2) is 9.97 Å². The molecule has 0 saturated carbocycles.